The highest BCUT2D eigenvalue weighted by Gasteiger charge is 2.37. The molecule has 1 aliphatic rings. The van der Waals surface area contributed by atoms with E-state index < -0.39 is 17.3 Å². The van der Waals surface area contributed by atoms with Gasteiger partial charge in [0, 0.05) is 17.5 Å². The van der Waals surface area contributed by atoms with Gasteiger partial charge in [-0.25, -0.2) is 9.97 Å². The number of fused-ring (bicyclic) bond motifs is 1. The molecule has 27 heavy (non-hydrogen) atoms. The Labute approximate surface area is 160 Å². The van der Waals surface area contributed by atoms with Gasteiger partial charge in [-0.3, -0.25) is 4.79 Å². The molecule has 0 N–H and O–H groups in total. The number of carbonyl (C=O) groups excluding carboxylic acids is 1. The average molecular weight is 397 g/mol. The maximum absolute atomic E-state index is 13.2. The molecule has 8 heteroatoms. The molecule has 1 aromatic heterocycles. The van der Waals surface area contributed by atoms with Crippen LogP contribution in [0.2, 0.25) is 0 Å². The van der Waals surface area contributed by atoms with Crippen molar-refractivity contribution in [2.45, 2.75) is 68.6 Å². The Kier molecular flexibility index (Phi) is 5.65. The van der Waals surface area contributed by atoms with Gasteiger partial charge in [0.15, 0.2) is 0 Å². The summed E-state index contributed by atoms with van der Waals surface area (Å²) in [5.41, 5.74) is 0.224. The van der Waals surface area contributed by atoms with Gasteiger partial charge in [0.05, 0.1) is 10.8 Å². The van der Waals surface area contributed by atoms with Gasteiger partial charge in [0.1, 0.15) is 5.03 Å². The standard InChI is InChI=1S/C19H22F3N3OS/c1-11-7-6-8-12(2)25(11)17(26)13(3)27-16-14-9-4-5-10-15(14)23-18(24-16)19(20,21)22/h4-5,9-13H,6-8H2,1-3H3/t11-,12+,13-/m1/s1. The topological polar surface area (TPSA) is 46.1 Å². The van der Waals surface area contributed by atoms with Gasteiger partial charge >= 0.3 is 6.18 Å². The maximum Gasteiger partial charge on any atom is 0.451 e. The fraction of sp³-hybridized carbons (Fsp3) is 0.526. The summed E-state index contributed by atoms with van der Waals surface area (Å²) in [5, 5.41) is 0.174. The van der Waals surface area contributed by atoms with Crippen LogP contribution in [-0.2, 0) is 11.0 Å². The number of para-hydroxylation sites is 1. The van der Waals surface area contributed by atoms with E-state index in [-0.39, 0.29) is 28.5 Å². The van der Waals surface area contributed by atoms with E-state index in [4.69, 9.17) is 0 Å². The second-order valence-corrected chi connectivity index (χ2v) is 8.33. The molecule has 0 aliphatic carbocycles. The van der Waals surface area contributed by atoms with Crippen LogP contribution in [0, 0.1) is 0 Å². The molecule has 1 aromatic carbocycles. The summed E-state index contributed by atoms with van der Waals surface area (Å²) >= 11 is 1.07. The molecule has 1 amide bonds. The Balaban J connectivity index is 1.92. The molecule has 3 atom stereocenters. The number of alkyl halides is 3. The van der Waals surface area contributed by atoms with E-state index in [1.165, 1.54) is 6.07 Å². The first-order chi connectivity index (χ1) is 12.7. The molecule has 1 aliphatic heterocycles. The molecular weight excluding hydrogens is 375 g/mol. The normalized spacial score (nSPS) is 22.1. The van der Waals surface area contributed by atoms with E-state index in [1.807, 2.05) is 18.7 Å². The van der Waals surface area contributed by atoms with Crippen molar-refractivity contribution in [3.05, 3.63) is 30.1 Å². The zero-order chi connectivity index (χ0) is 19.8. The van der Waals surface area contributed by atoms with Crippen LogP contribution in [0.15, 0.2) is 29.3 Å². The fourth-order valence-corrected chi connectivity index (χ4v) is 4.54. The van der Waals surface area contributed by atoms with E-state index in [1.54, 1.807) is 25.1 Å². The largest absolute Gasteiger partial charge is 0.451 e. The predicted molar refractivity (Wildman–Crippen MR) is 99.5 cm³/mol. The van der Waals surface area contributed by atoms with Gasteiger partial charge in [-0.2, -0.15) is 13.2 Å². The lowest BCUT2D eigenvalue weighted by Gasteiger charge is -2.40. The Morgan fingerprint density at radius 2 is 1.81 bits per heavy atom. The molecule has 1 saturated heterocycles. The van der Waals surface area contributed by atoms with Gasteiger partial charge in [-0.05, 0) is 46.1 Å². The van der Waals surface area contributed by atoms with Crippen LogP contribution in [0.25, 0.3) is 10.9 Å². The first kappa shape index (κ1) is 19.9. The van der Waals surface area contributed by atoms with E-state index in [0.717, 1.165) is 31.0 Å². The molecule has 0 unspecified atom stereocenters. The molecule has 2 aromatic rings. The number of likely N-dealkylation sites (tertiary alicyclic amines) is 1. The highest BCUT2D eigenvalue weighted by atomic mass is 32.2. The van der Waals surface area contributed by atoms with E-state index in [9.17, 15) is 18.0 Å². The molecule has 0 radical (unpaired) electrons. The molecule has 1 fully saturated rings. The quantitative estimate of drug-likeness (QED) is 0.545. The van der Waals surface area contributed by atoms with Crippen LogP contribution < -0.4 is 0 Å². The lowest BCUT2D eigenvalue weighted by molar-refractivity contribution is -0.145. The third-order valence-corrected chi connectivity index (χ3v) is 6.00. The van der Waals surface area contributed by atoms with Gasteiger partial charge < -0.3 is 4.90 Å². The second kappa shape index (κ2) is 7.66. The zero-order valence-electron chi connectivity index (χ0n) is 15.5. The number of benzene rings is 1. The summed E-state index contributed by atoms with van der Waals surface area (Å²) < 4.78 is 39.5. The van der Waals surface area contributed by atoms with Gasteiger partial charge in [0.2, 0.25) is 11.7 Å². The molecule has 4 nitrogen and oxygen atoms in total. The van der Waals surface area contributed by atoms with E-state index in [2.05, 4.69) is 9.97 Å². The number of hydrogen-bond acceptors (Lipinski definition) is 4. The van der Waals surface area contributed by atoms with Crippen LogP contribution in [0.1, 0.15) is 45.9 Å². The number of halogens is 3. The first-order valence-corrected chi connectivity index (χ1v) is 9.89. The molecule has 0 spiro atoms. The Morgan fingerprint density at radius 3 is 2.44 bits per heavy atom. The summed E-state index contributed by atoms with van der Waals surface area (Å²) in [4.78, 5) is 22.2. The molecule has 2 heterocycles. The summed E-state index contributed by atoms with van der Waals surface area (Å²) in [7, 11) is 0. The number of carbonyl (C=O) groups is 1. The molecule has 146 valence electrons. The van der Waals surface area contributed by atoms with Gasteiger partial charge in [-0.15, -0.1) is 0 Å². The number of thioether (sulfide) groups is 1. The Morgan fingerprint density at radius 1 is 1.19 bits per heavy atom. The van der Waals surface area contributed by atoms with Crippen LogP contribution in [0.4, 0.5) is 13.2 Å². The van der Waals surface area contributed by atoms with E-state index in [0.29, 0.717) is 5.39 Å². The third kappa shape index (κ3) is 4.20. The van der Waals surface area contributed by atoms with Crippen LogP contribution in [0.3, 0.4) is 0 Å². The van der Waals surface area contributed by atoms with Crippen molar-refractivity contribution in [3.8, 4) is 0 Å². The lowest BCUT2D eigenvalue weighted by atomic mass is 9.97. The first-order valence-electron chi connectivity index (χ1n) is 9.01. The Hall–Kier alpha value is -1.83. The number of aromatic nitrogens is 2. The predicted octanol–water partition coefficient (Wildman–Crippen LogP) is 4.92. The van der Waals surface area contributed by atoms with Crippen LogP contribution in [-0.4, -0.2) is 38.1 Å². The van der Waals surface area contributed by atoms with Gasteiger partial charge in [0.25, 0.3) is 0 Å². The number of hydrogen-bond donors (Lipinski definition) is 0. The fourth-order valence-electron chi connectivity index (χ4n) is 3.55. The average Bonchev–Trinajstić information content (AvgIpc) is 2.60. The van der Waals surface area contributed by atoms with Crippen molar-refractivity contribution in [2.24, 2.45) is 0 Å². The van der Waals surface area contributed by atoms with Crippen molar-refractivity contribution >= 4 is 28.6 Å². The summed E-state index contributed by atoms with van der Waals surface area (Å²) in [6.45, 7) is 5.77. The maximum atomic E-state index is 13.2. The number of amides is 1. The van der Waals surface area contributed by atoms with Crippen molar-refractivity contribution in [2.75, 3.05) is 0 Å². The molecule has 0 bridgehead atoms. The SMILES string of the molecule is C[C@@H]1CCC[C@H](C)N1C(=O)[C@@H](C)Sc1nc(C(F)(F)F)nc2ccccc12. The van der Waals surface area contributed by atoms with Crippen molar-refractivity contribution < 1.29 is 18.0 Å². The van der Waals surface area contributed by atoms with Crippen molar-refractivity contribution in [1.29, 1.82) is 0 Å². The van der Waals surface area contributed by atoms with Gasteiger partial charge in [-0.1, -0.05) is 30.0 Å². The third-order valence-electron chi connectivity index (χ3n) is 4.91. The number of piperidine rings is 1. The smallest absolute Gasteiger partial charge is 0.336 e. The van der Waals surface area contributed by atoms with Crippen LogP contribution in [0.5, 0.6) is 0 Å². The monoisotopic (exact) mass is 397 g/mol. The minimum Gasteiger partial charge on any atom is -0.336 e. The zero-order valence-corrected chi connectivity index (χ0v) is 16.3. The van der Waals surface area contributed by atoms with E-state index >= 15 is 0 Å². The number of nitrogens with zero attached hydrogens (tertiary/aromatic N) is 3. The van der Waals surface area contributed by atoms with Crippen molar-refractivity contribution in [3.63, 3.8) is 0 Å². The second-order valence-electron chi connectivity index (χ2n) is 7.00. The highest BCUT2D eigenvalue weighted by molar-refractivity contribution is 8.00. The van der Waals surface area contributed by atoms with Crippen molar-refractivity contribution in [1.82, 2.24) is 14.9 Å². The summed E-state index contributed by atoms with van der Waals surface area (Å²) in [6, 6.07) is 6.84. The molecular formula is C19H22F3N3OS. The summed E-state index contributed by atoms with van der Waals surface area (Å²) in [6.07, 6.45) is -1.66. The lowest BCUT2D eigenvalue weighted by Crippen LogP contribution is -2.50. The highest BCUT2D eigenvalue weighted by Crippen LogP contribution is 2.35. The molecule has 3 rings (SSSR count). The Bertz CT molecular complexity index is 833. The molecule has 0 saturated carbocycles. The minimum atomic E-state index is -4.64. The number of rotatable bonds is 3. The minimum absolute atomic E-state index is 0.0593. The van der Waals surface area contributed by atoms with Crippen LogP contribution >= 0.6 is 11.8 Å². The summed E-state index contributed by atoms with van der Waals surface area (Å²) in [5.74, 6) is -1.24.